The van der Waals surface area contributed by atoms with Gasteiger partial charge in [0.05, 0.1) is 4.90 Å². The van der Waals surface area contributed by atoms with Crippen LogP contribution in [0.15, 0.2) is 59.6 Å². The third-order valence-corrected chi connectivity index (χ3v) is 9.23. The lowest BCUT2D eigenvalue weighted by Gasteiger charge is -2.31. The molecule has 0 radical (unpaired) electrons. The summed E-state index contributed by atoms with van der Waals surface area (Å²) in [7, 11) is -3.51. The van der Waals surface area contributed by atoms with Gasteiger partial charge in [-0.25, -0.2) is 8.42 Å². The standard InChI is InChI=1S/C27H33N3O3S/c31-27(28-15-5-16-29-17-12-22-7-3-4-9-26(22)29)23-13-18-30(19-14-23)34(32,33)25-11-10-21-6-1-2-8-24(21)20-25/h3-4,7,9-12,17,20,23H,1-2,5-6,8,13-16,18-19H2,(H,28,31). The first-order valence-electron chi connectivity index (χ1n) is 12.5. The highest BCUT2D eigenvalue weighted by molar-refractivity contribution is 7.89. The molecule has 0 bridgehead atoms. The molecule has 1 fully saturated rings. The van der Waals surface area contributed by atoms with Crippen molar-refractivity contribution in [2.45, 2.75) is 56.4 Å². The molecule has 2 aliphatic rings. The van der Waals surface area contributed by atoms with Crippen molar-refractivity contribution >= 4 is 26.8 Å². The number of carbonyl (C=O) groups excluding carboxylic acids is 1. The van der Waals surface area contributed by atoms with Crippen LogP contribution in [0.3, 0.4) is 0 Å². The highest BCUT2D eigenvalue weighted by Crippen LogP contribution is 2.28. The number of carbonyl (C=O) groups is 1. The van der Waals surface area contributed by atoms with Crippen molar-refractivity contribution in [2.75, 3.05) is 19.6 Å². The molecule has 0 unspecified atom stereocenters. The second-order valence-corrected chi connectivity index (χ2v) is 11.5. The van der Waals surface area contributed by atoms with E-state index >= 15 is 0 Å². The number of fused-ring (bicyclic) bond motifs is 2. The van der Waals surface area contributed by atoms with Crippen LogP contribution < -0.4 is 5.32 Å². The van der Waals surface area contributed by atoms with Gasteiger partial charge in [-0.1, -0.05) is 24.3 Å². The smallest absolute Gasteiger partial charge is 0.243 e. The van der Waals surface area contributed by atoms with E-state index in [2.05, 4.69) is 34.3 Å². The summed E-state index contributed by atoms with van der Waals surface area (Å²) < 4.78 is 30.1. The van der Waals surface area contributed by atoms with E-state index in [9.17, 15) is 13.2 Å². The molecule has 6 nitrogen and oxygen atoms in total. The summed E-state index contributed by atoms with van der Waals surface area (Å²) >= 11 is 0. The molecule has 0 atom stereocenters. The minimum absolute atomic E-state index is 0.0446. The van der Waals surface area contributed by atoms with Crippen LogP contribution in [-0.2, 0) is 34.2 Å². The van der Waals surface area contributed by atoms with Crippen molar-refractivity contribution in [3.63, 3.8) is 0 Å². The fourth-order valence-electron chi connectivity index (χ4n) is 5.32. The summed E-state index contributed by atoms with van der Waals surface area (Å²) in [5.41, 5.74) is 3.67. The number of aromatic nitrogens is 1. The topological polar surface area (TPSA) is 71.4 Å². The van der Waals surface area contributed by atoms with E-state index in [1.54, 1.807) is 10.4 Å². The number of amides is 1. The van der Waals surface area contributed by atoms with Crippen molar-refractivity contribution < 1.29 is 13.2 Å². The molecule has 1 aliphatic carbocycles. The maximum atomic E-state index is 13.2. The highest BCUT2D eigenvalue weighted by atomic mass is 32.2. The molecule has 2 aromatic carbocycles. The van der Waals surface area contributed by atoms with E-state index in [4.69, 9.17) is 0 Å². The average molecular weight is 480 g/mol. The van der Waals surface area contributed by atoms with Gasteiger partial charge in [-0.15, -0.1) is 0 Å². The molecule has 1 saturated heterocycles. The van der Waals surface area contributed by atoms with Gasteiger partial charge in [0.15, 0.2) is 0 Å². The Labute approximate surface area is 202 Å². The number of sulfonamides is 1. The van der Waals surface area contributed by atoms with Crippen molar-refractivity contribution in [3.8, 4) is 0 Å². The second kappa shape index (κ2) is 9.92. The Balaban J connectivity index is 1.10. The largest absolute Gasteiger partial charge is 0.356 e. The lowest BCUT2D eigenvalue weighted by atomic mass is 9.92. The van der Waals surface area contributed by atoms with Crippen LogP contribution in [0, 0.1) is 5.92 Å². The second-order valence-electron chi connectivity index (χ2n) is 9.53. The molecule has 2 heterocycles. The first-order chi connectivity index (χ1) is 16.5. The predicted octanol–water partition coefficient (Wildman–Crippen LogP) is 4.13. The highest BCUT2D eigenvalue weighted by Gasteiger charge is 2.32. The number of benzene rings is 2. The maximum absolute atomic E-state index is 13.2. The molecule has 0 spiro atoms. The van der Waals surface area contributed by atoms with E-state index in [0.717, 1.165) is 32.2 Å². The van der Waals surface area contributed by atoms with E-state index in [1.807, 2.05) is 24.3 Å². The molecular weight excluding hydrogens is 446 g/mol. The van der Waals surface area contributed by atoms with E-state index in [1.165, 1.54) is 28.5 Å². The number of nitrogens with zero attached hydrogens (tertiary/aromatic N) is 2. The Hall–Kier alpha value is -2.64. The third kappa shape index (κ3) is 4.77. The van der Waals surface area contributed by atoms with Crippen molar-refractivity contribution in [2.24, 2.45) is 5.92 Å². The summed E-state index contributed by atoms with van der Waals surface area (Å²) in [6.45, 7) is 2.27. The van der Waals surface area contributed by atoms with Crippen molar-refractivity contribution in [1.29, 1.82) is 0 Å². The van der Waals surface area contributed by atoms with Crippen molar-refractivity contribution in [3.05, 3.63) is 65.9 Å². The molecule has 1 N–H and O–H groups in total. The number of nitrogens with one attached hydrogen (secondary N) is 1. The molecule has 1 amide bonds. The quantitative estimate of drug-likeness (QED) is 0.518. The van der Waals surface area contributed by atoms with Crippen LogP contribution >= 0.6 is 0 Å². The number of hydrogen-bond acceptors (Lipinski definition) is 3. The van der Waals surface area contributed by atoms with Crippen LogP contribution in [0.25, 0.3) is 10.9 Å². The van der Waals surface area contributed by atoms with E-state index in [-0.39, 0.29) is 11.8 Å². The normalized spacial score (nSPS) is 17.5. The fraction of sp³-hybridized carbons (Fsp3) is 0.444. The lowest BCUT2D eigenvalue weighted by Crippen LogP contribution is -2.43. The summed E-state index contributed by atoms with van der Waals surface area (Å²) in [6, 6.07) is 16.0. The first-order valence-corrected chi connectivity index (χ1v) is 13.9. The third-order valence-electron chi connectivity index (χ3n) is 7.34. The number of para-hydroxylation sites is 1. The van der Waals surface area contributed by atoms with Gasteiger partial charge in [-0.05, 0) is 85.7 Å². The van der Waals surface area contributed by atoms with Gasteiger partial charge in [-0.3, -0.25) is 4.79 Å². The van der Waals surface area contributed by atoms with Crippen LogP contribution in [0.2, 0.25) is 0 Å². The van der Waals surface area contributed by atoms with Gasteiger partial charge in [0.1, 0.15) is 0 Å². The molecule has 1 aliphatic heterocycles. The average Bonchev–Trinajstić information content (AvgIpc) is 3.29. The zero-order chi connectivity index (χ0) is 23.5. The molecular formula is C27H33N3O3S. The van der Waals surface area contributed by atoms with Gasteiger partial charge in [0.2, 0.25) is 15.9 Å². The molecule has 0 saturated carbocycles. The van der Waals surface area contributed by atoms with Crippen LogP contribution in [-0.4, -0.2) is 42.8 Å². The molecule has 1 aromatic heterocycles. The van der Waals surface area contributed by atoms with Gasteiger partial charge in [0.25, 0.3) is 0 Å². The summed E-state index contributed by atoms with van der Waals surface area (Å²) in [6.07, 6.45) is 8.38. The number of piperidine rings is 1. The van der Waals surface area contributed by atoms with Crippen LogP contribution in [0.4, 0.5) is 0 Å². The fourth-order valence-corrected chi connectivity index (χ4v) is 6.84. The number of aryl methyl sites for hydroxylation is 3. The summed E-state index contributed by atoms with van der Waals surface area (Å²) in [4.78, 5) is 13.1. The Morgan fingerprint density at radius 1 is 0.971 bits per heavy atom. The Morgan fingerprint density at radius 3 is 2.56 bits per heavy atom. The predicted molar refractivity (Wildman–Crippen MR) is 134 cm³/mol. The summed E-state index contributed by atoms with van der Waals surface area (Å²) in [5, 5.41) is 4.29. The monoisotopic (exact) mass is 479 g/mol. The van der Waals surface area contributed by atoms with Crippen LogP contribution in [0.1, 0.15) is 43.2 Å². The van der Waals surface area contributed by atoms with Gasteiger partial charge >= 0.3 is 0 Å². The number of hydrogen-bond donors (Lipinski definition) is 1. The minimum atomic E-state index is -3.51. The SMILES string of the molecule is O=C(NCCCn1ccc2ccccc21)C1CCN(S(=O)(=O)c2ccc3c(c2)CCCC3)CC1. The van der Waals surface area contributed by atoms with Crippen LogP contribution in [0.5, 0.6) is 0 Å². The first kappa shape index (κ1) is 23.1. The zero-order valence-corrected chi connectivity index (χ0v) is 20.4. The Morgan fingerprint density at radius 2 is 1.74 bits per heavy atom. The van der Waals surface area contributed by atoms with Crippen molar-refractivity contribution in [1.82, 2.24) is 14.2 Å². The maximum Gasteiger partial charge on any atom is 0.243 e. The number of rotatable bonds is 7. The summed E-state index contributed by atoms with van der Waals surface area (Å²) in [5.74, 6) is -0.0782. The van der Waals surface area contributed by atoms with Gasteiger partial charge in [0, 0.05) is 43.8 Å². The molecule has 180 valence electrons. The van der Waals surface area contributed by atoms with Gasteiger partial charge < -0.3 is 9.88 Å². The molecule has 7 heteroatoms. The van der Waals surface area contributed by atoms with E-state index < -0.39 is 10.0 Å². The molecule has 34 heavy (non-hydrogen) atoms. The van der Waals surface area contributed by atoms with E-state index in [0.29, 0.717) is 37.4 Å². The Bertz CT molecular complexity index is 1270. The minimum Gasteiger partial charge on any atom is -0.356 e. The van der Waals surface area contributed by atoms with Gasteiger partial charge in [-0.2, -0.15) is 4.31 Å². The molecule has 3 aromatic rings. The zero-order valence-electron chi connectivity index (χ0n) is 19.6. The Kier molecular flexibility index (Phi) is 6.75. The molecule has 5 rings (SSSR count). The lowest BCUT2D eigenvalue weighted by molar-refractivity contribution is -0.126.